The summed E-state index contributed by atoms with van der Waals surface area (Å²) >= 11 is 0. The van der Waals surface area contributed by atoms with Gasteiger partial charge >= 0.3 is 0 Å². The van der Waals surface area contributed by atoms with E-state index in [-0.39, 0.29) is 0 Å². The third kappa shape index (κ3) is 2.05. The summed E-state index contributed by atoms with van der Waals surface area (Å²) in [6, 6.07) is 4.77. The fourth-order valence-corrected chi connectivity index (χ4v) is 2.61. The predicted molar refractivity (Wildman–Crippen MR) is 68.6 cm³/mol. The highest BCUT2D eigenvalue weighted by atomic mass is 15.3. The molecule has 1 aromatic rings. The fourth-order valence-electron chi connectivity index (χ4n) is 2.61. The molecule has 90 valence electrons. The predicted octanol–water partition coefficient (Wildman–Crippen LogP) is 2.30. The normalized spacial score (nSPS) is 23.7. The summed E-state index contributed by atoms with van der Waals surface area (Å²) in [6.45, 7) is 4.39. The van der Waals surface area contributed by atoms with E-state index in [4.69, 9.17) is 11.0 Å². The number of nitriles is 1. The van der Waals surface area contributed by atoms with Crippen molar-refractivity contribution in [2.24, 2.45) is 0 Å². The number of nitrogen functional groups attached to an aromatic ring is 1. The molecule has 1 aliphatic rings. The summed E-state index contributed by atoms with van der Waals surface area (Å²) in [6.07, 6.45) is 5.08. The summed E-state index contributed by atoms with van der Waals surface area (Å²) in [7, 11) is 0. The first kappa shape index (κ1) is 11.7. The largest absolute Gasteiger partial charge is 0.396 e. The molecule has 1 fully saturated rings. The lowest BCUT2D eigenvalue weighted by Crippen LogP contribution is -2.35. The van der Waals surface area contributed by atoms with Gasteiger partial charge in [-0.15, -0.1) is 0 Å². The van der Waals surface area contributed by atoms with Crippen LogP contribution in [0.25, 0.3) is 0 Å². The van der Waals surface area contributed by atoms with Crippen molar-refractivity contribution in [2.45, 2.75) is 45.2 Å². The number of aromatic nitrogens is 1. The van der Waals surface area contributed by atoms with Gasteiger partial charge in [-0.05, 0) is 32.3 Å². The van der Waals surface area contributed by atoms with Crippen LogP contribution in [0.5, 0.6) is 0 Å². The molecule has 2 heterocycles. The maximum absolute atomic E-state index is 8.81. The maximum atomic E-state index is 8.81. The summed E-state index contributed by atoms with van der Waals surface area (Å²) < 4.78 is 0. The van der Waals surface area contributed by atoms with Crippen molar-refractivity contribution in [2.75, 3.05) is 10.6 Å². The second-order valence-corrected chi connectivity index (χ2v) is 4.64. The zero-order chi connectivity index (χ0) is 12.4. The van der Waals surface area contributed by atoms with Gasteiger partial charge in [-0.25, -0.2) is 4.98 Å². The molecule has 4 heteroatoms. The topological polar surface area (TPSA) is 65.9 Å². The smallest absolute Gasteiger partial charge is 0.152 e. The Labute approximate surface area is 102 Å². The monoisotopic (exact) mass is 230 g/mol. The number of rotatable bonds is 2. The molecule has 0 bridgehead atoms. The van der Waals surface area contributed by atoms with Crippen LogP contribution in [-0.4, -0.2) is 17.1 Å². The van der Waals surface area contributed by atoms with Crippen LogP contribution in [0.4, 0.5) is 11.5 Å². The van der Waals surface area contributed by atoms with E-state index in [0.717, 1.165) is 12.2 Å². The van der Waals surface area contributed by atoms with E-state index in [1.807, 2.05) is 0 Å². The summed E-state index contributed by atoms with van der Waals surface area (Å²) in [5, 5.41) is 8.81. The van der Waals surface area contributed by atoms with Gasteiger partial charge in [-0.2, -0.15) is 5.26 Å². The number of anilines is 2. The molecule has 0 aromatic carbocycles. The molecule has 1 saturated heterocycles. The molecule has 2 atom stereocenters. The van der Waals surface area contributed by atoms with Gasteiger partial charge in [0.15, 0.2) is 5.82 Å². The van der Waals surface area contributed by atoms with Gasteiger partial charge in [-0.3, -0.25) is 0 Å². The number of nitrogens with zero attached hydrogens (tertiary/aromatic N) is 3. The number of nitrogens with two attached hydrogens (primary N) is 1. The van der Waals surface area contributed by atoms with Crippen LogP contribution in [-0.2, 0) is 0 Å². The lowest BCUT2D eigenvalue weighted by Gasteiger charge is -2.30. The zero-order valence-corrected chi connectivity index (χ0v) is 10.3. The highest BCUT2D eigenvalue weighted by molar-refractivity contribution is 5.65. The summed E-state index contributed by atoms with van der Waals surface area (Å²) in [4.78, 5) is 6.66. The van der Waals surface area contributed by atoms with E-state index in [1.54, 1.807) is 12.3 Å². The maximum Gasteiger partial charge on any atom is 0.152 e. The van der Waals surface area contributed by atoms with Crippen LogP contribution in [0.3, 0.4) is 0 Å². The molecule has 0 saturated carbocycles. The SMILES string of the molecule is CCC1CCC(C)N1c1ncc(C#N)cc1N. The molecule has 2 unspecified atom stereocenters. The lowest BCUT2D eigenvalue weighted by molar-refractivity contribution is 0.622. The van der Waals surface area contributed by atoms with Crippen molar-refractivity contribution in [3.63, 3.8) is 0 Å². The van der Waals surface area contributed by atoms with E-state index >= 15 is 0 Å². The van der Waals surface area contributed by atoms with Crippen molar-refractivity contribution >= 4 is 11.5 Å². The molecule has 4 nitrogen and oxygen atoms in total. The minimum Gasteiger partial charge on any atom is -0.396 e. The highest BCUT2D eigenvalue weighted by Gasteiger charge is 2.31. The minimum absolute atomic E-state index is 0.475. The third-order valence-electron chi connectivity index (χ3n) is 3.53. The lowest BCUT2D eigenvalue weighted by atomic mass is 10.1. The van der Waals surface area contributed by atoms with Gasteiger partial charge in [0.2, 0.25) is 0 Å². The number of hydrogen-bond donors (Lipinski definition) is 1. The Morgan fingerprint density at radius 3 is 2.94 bits per heavy atom. The van der Waals surface area contributed by atoms with Crippen LogP contribution in [0.2, 0.25) is 0 Å². The van der Waals surface area contributed by atoms with Crippen LogP contribution < -0.4 is 10.6 Å². The Hall–Kier alpha value is -1.76. The van der Waals surface area contributed by atoms with E-state index < -0.39 is 0 Å². The molecule has 2 N–H and O–H groups in total. The third-order valence-corrected chi connectivity index (χ3v) is 3.53. The van der Waals surface area contributed by atoms with Crippen molar-refractivity contribution < 1.29 is 0 Å². The van der Waals surface area contributed by atoms with Crippen molar-refractivity contribution in [3.05, 3.63) is 17.8 Å². The average molecular weight is 230 g/mol. The van der Waals surface area contributed by atoms with E-state index in [0.29, 0.717) is 23.3 Å². The van der Waals surface area contributed by atoms with Crippen molar-refractivity contribution in [3.8, 4) is 6.07 Å². The molecular formula is C13H18N4. The Morgan fingerprint density at radius 1 is 1.59 bits per heavy atom. The quantitative estimate of drug-likeness (QED) is 0.846. The van der Waals surface area contributed by atoms with Gasteiger partial charge in [0.25, 0.3) is 0 Å². The van der Waals surface area contributed by atoms with Gasteiger partial charge in [0.1, 0.15) is 6.07 Å². The molecular weight excluding hydrogens is 212 g/mol. The van der Waals surface area contributed by atoms with Crippen LogP contribution in [0, 0.1) is 11.3 Å². The minimum atomic E-state index is 0.475. The fraction of sp³-hybridized carbons (Fsp3) is 0.538. The molecule has 0 amide bonds. The Morgan fingerprint density at radius 2 is 2.35 bits per heavy atom. The van der Waals surface area contributed by atoms with Crippen molar-refractivity contribution in [1.29, 1.82) is 5.26 Å². The Kier molecular flexibility index (Phi) is 3.19. The van der Waals surface area contributed by atoms with Crippen LogP contribution in [0.1, 0.15) is 38.7 Å². The highest BCUT2D eigenvalue weighted by Crippen LogP contribution is 2.33. The van der Waals surface area contributed by atoms with E-state index in [9.17, 15) is 0 Å². The number of pyridine rings is 1. The second kappa shape index (κ2) is 4.62. The molecule has 0 aliphatic carbocycles. The number of hydrogen-bond acceptors (Lipinski definition) is 4. The molecule has 0 radical (unpaired) electrons. The van der Waals surface area contributed by atoms with Crippen molar-refractivity contribution in [1.82, 2.24) is 4.98 Å². The van der Waals surface area contributed by atoms with Crippen LogP contribution in [0.15, 0.2) is 12.3 Å². The molecule has 2 rings (SSSR count). The first-order valence-electron chi connectivity index (χ1n) is 6.11. The van der Waals surface area contributed by atoms with Crippen LogP contribution >= 0.6 is 0 Å². The van der Waals surface area contributed by atoms with Gasteiger partial charge in [-0.1, -0.05) is 6.92 Å². The summed E-state index contributed by atoms with van der Waals surface area (Å²) in [5.74, 6) is 0.834. The molecule has 0 spiro atoms. The second-order valence-electron chi connectivity index (χ2n) is 4.64. The van der Waals surface area contributed by atoms with E-state index in [1.165, 1.54) is 12.8 Å². The standard InChI is InChI=1S/C13H18N4/c1-3-11-5-4-9(2)17(11)13-12(15)6-10(7-14)8-16-13/h6,8-9,11H,3-5,15H2,1-2H3. The van der Waals surface area contributed by atoms with E-state index in [2.05, 4.69) is 29.8 Å². The summed E-state index contributed by atoms with van der Waals surface area (Å²) in [5.41, 5.74) is 7.13. The van der Waals surface area contributed by atoms with Gasteiger partial charge < -0.3 is 10.6 Å². The zero-order valence-electron chi connectivity index (χ0n) is 10.3. The molecule has 1 aromatic heterocycles. The average Bonchev–Trinajstić information content (AvgIpc) is 2.70. The Balaban J connectivity index is 2.36. The molecule has 1 aliphatic heterocycles. The Bertz CT molecular complexity index is 449. The van der Waals surface area contributed by atoms with Gasteiger partial charge in [0, 0.05) is 18.3 Å². The van der Waals surface area contributed by atoms with Gasteiger partial charge in [0.05, 0.1) is 11.3 Å². The first-order chi connectivity index (χ1) is 8.17. The first-order valence-corrected chi connectivity index (χ1v) is 6.11. The molecule has 17 heavy (non-hydrogen) atoms.